The highest BCUT2D eigenvalue weighted by atomic mass is 32.2. The lowest BCUT2D eigenvalue weighted by Gasteiger charge is -2.23. The molecule has 2 N–H and O–H groups in total. The van der Waals surface area contributed by atoms with Gasteiger partial charge in [-0.15, -0.1) is 0 Å². The largest absolute Gasteiger partial charge is 0.385 e. The van der Waals surface area contributed by atoms with Gasteiger partial charge in [-0.3, -0.25) is 4.79 Å². The summed E-state index contributed by atoms with van der Waals surface area (Å²) in [5, 5.41) is 3.34. The Morgan fingerprint density at radius 2 is 1.74 bits per heavy atom. The summed E-state index contributed by atoms with van der Waals surface area (Å²) in [6, 6.07) is 15.1. The van der Waals surface area contributed by atoms with E-state index >= 15 is 0 Å². The quantitative estimate of drug-likeness (QED) is 0.558. The number of aryl methyl sites for hydroxylation is 1. The first-order chi connectivity index (χ1) is 16.0. The Morgan fingerprint density at radius 3 is 2.44 bits per heavy atom. The predicted octanol–water partition coefficient (Wildman–Crippen LogP) is 3.59. The zero-order chi connectivity index (χ0) is 24.8. The first-order valence-electron chi connectivity index (χ1n) is 12.0. The van der Waals surface area contributed by atoms with Crippen molar-refractivity contribution in [3.63, 3.8) is 0 Å². The monoisotopic (exact) mass is 486 g/mol. The maximum Gasteiger partial charge on any atom is 0.254 e. The molecule has 0 saturated carbocycles. The van der Waals surface area contributed by atoms with E-state index in [0.717, 1.165) is 32.4 Å². The number of rotatable bonds is 8. The molecule has 1 aliphatic heterocycles. The third-order valence-corrected chi connectivity index (χ3v) is 7.46. The topological polar surface area (TPSA) is 81.8 Å². The first kappa shape index (κ1) is 26.2. The number of nitrogens with zero attached hydrogens (tertiary/aromatic N) is 2. The van der Waals surface area contributed by atoms with Crippen molar-refractivity contribution in [3.8, 4) is 0 Å². The van der Waals surface area contributed by atoms with E-state index in [-0.39, 0.29) is 10.8 Å². The molecule has 1 saturated heterocycles. The number of hydrogen-bond acceptors (Lipinski definition) is 5. The molecule has 1 fully saturated rings. The Balaban J connectivity index is 1.81. The third-order valence-electron chi connectivity index (χ3n) is 5.73. The number of sulfonamides is 1. The lowest BCUT2D eigenvalue weighted by atomic mass is 10.1. The van der Waals surface area contributed by atoms with Crippen molar-refractivity contribution >= 4 is 21.6 Å². The van der Waals surface area contributed by atoms with Gasteiger partial charge < -0.3 is 15.1 Å². The molecule has 0 radical (unpaired) electrons. The Labute approximate surface area is 204 Å². The van der Waals surface area contributed by atoms with Crippen LogP contribution >= 0.6 is 0 Å². The van der Waals surface area contributed by atoms with Crippen LogP contribution < -0.4 is 10.0 Å². The fourth-order valence-electron chi connectivity index (χ4n) is 4.04. The fourth-order valence-corrected chi connectivity index (χ4v) is 5.53. The number of amides is 1. The van der Waals surface area contributed by atoms with Crippen LogP contribution in [0.15, 0.2) is 53.4 Å². The molecule has 0 aromatic heterocycles. The number of nitrogens with one attached hydrogen (secondary N) is 2. The van der Waals surface area contributed by atoms with E-state index < -0.39 is 15.6 Å². The van der Waals surface area contributed by atoms with E-state index in [2.05, 4.69) is 34.1 Å². The SMILES string of the molecule is CN1CCCN(C(=O)c2cc(NCCCc3ccccc3)cc(S(=O)(=O)NC(C)(C)C)c2)CC1. The molecular formula is C26H38N4O3S. The maximum absolute atomic E-state index is 13.4. The van der Waals surface area contributed by atoms with Crippen LogP contribution in [-0.4, -0.2) is 69.4 Å². The van der Waals surface area contributed by atoms with Crippen LogP contribution in [-0.2, 0) is 16.4 Å². The minimum atomic E-state index is -3.79. The van der Waals surface area contributed by atoms with E-state index in [0.29, 0.717) is 30.9 Å². The average molecular weight is 487 g/mol. The summed E-state index contributed by atoms with van der Waals surface area (Å²) in [6.45, 7) is 9.13. The van der Waals surface area contributed by atoms with E-state index in [9.17, 15) is 13.2 Å². The number of carbonyl (C=O) groups is 1. The second kappa shape index (κ2) is 11.3. The predicted molar refractivity (Wildman–Crippen MR) is 138 cm³/mol. The van der Waals surface area contributed by atoms with Gasteiger partial charge in [-0.2, -0.15) is 0 Å². The van der Waals surface area contributed by atoms with E-state index in [1.807, 2.05) is 23.1 Å². The fraction of sp³-hybridized carbons (Fsp3) is 0.500. The molecule has 1 amide bonds. The van der Waals surface area contributed by atoms with Crippen LogP contribution in [0.3, 0.4) is 0 Å². The Hall–Kier alpha value is -2.42. The maximum atomic E-state index is 13.4. The van der Waals surface area contributed by atoms with Gasteiger partial charge in [0.2, 0.25) is 10.0 Å². The van der Waals surface area contributed by atoms with Crippen LogP contribution in [0.25, 0.3) is 0 Å². The molecule has 2 aromatic carbocycles. The van der Waals surface area contributed by atoms with E-state index in [4.69, 9.17) is 0 Å². The molecule has 34 heavy (non-hydrogen) atoms. The summed E-state index contributed by atoms with van der Waals surface area (Å²) in [7, 11) is -1.73. The average Bonchev–Trinajstić information content (AvgIpc) is 2.99. The summed E-state index contributed by atoms with van der Waals surface area (Å²) in [5.74, 6) is -0.129. The molecule has 8 heteroatoms. The lowest BCUT2D eigenvalue weighted by Crippen LogP contribution is -2.40. The zero-order valence-corrected chi connectivity index (χ0v) is 21.6. The number of hydrogen-bond donors (Lipinski definition) is 2. The molecule has 1 aliphatic rings. The van der Waals surface area contributed by atoms with Crippen molar-refractivity contribution in [2.24, 2.45) is 0 Å². The second-order valence-electron chi connectivity index (χ2n) is 10.1. The number of benzene rings is 2. The Morgan fingerprint density at radius 1 is 1.00 bits per heavy atom. The molecule has 0 spiro atoms. The Kier molecular flexibility index (Phi) is 8.73. The van der Waals surface area contributed by atoms with Crippen LogP contribution in [0, 0.1) is 0 Å². The van der Waals surface area contributed by atoms with Crippen molar-refractivity contribution in [2.75, 3.05) is 45.1 Å². The second-order valence-corrected chi connectivity index (χ2v) is 11.7. The summed E-state index contributed by atoms with van der Waals surface area (Å²) >= 11 is 0. The lowest BCUT2D eigenvalue weighted by molar-refractivity contribution is 0.0762. The summed E-state index contributed by atoms with van der Waals surface area (Å²) < 4.78 is 28.9. The van der Waals surface area contributed by atoms with Crippen molar-refractivity contribution < 1.29 is 13.2 Å². The first-order valence-corrected chi connectivity index (χ1v) is 13.5. The van der Waals surface area contributed by atoms with Crippen LogP contribution in [0.5, 0.6) is 0 Å². The zero-order valence-electron chi connectivity index (χ0n) is 20.8. The summed E-state index contributed by atoms with van der Waals surface area (Å²) in [5.41, 5.74) is 1.67. The van der Waals surface area contributed by atoms with Gasteiger partial charge in [0.25, 0.3) is 5.91 Å². The van der Waals surface area contributed by atoms with Crippen LogP contribution in [0.4, 0.5) is 5.69 Å². The standard InChI is InChI=1S/C26H38N4O3S/c1-26(2,3)28-34(32,33)24-19-22(25(31)30-15-9-14-29(4)16-17-30)18-23(20-24)27-13-8-12-21-10-6-5-7-11-21/h5-7,10-11,18-20,27-28H,8-9,12-17H2,1-4H3. The smallest absolute Gasteiger partial charge is 0.254 e. The normalized spacial score (nSPS) is 15.7. The summed E-state index contributed by atoms with van der Waals surface area (Å²) in [4.78, 5) is 17.5. The van der Waals surface area contributed by atoms with Gasteiger partial charge in [0, 0.05) is 43.0 Å². The molecule has 2 aromatic rings. The molecular weight excluding hydrogens is 448 g/mol. The molecule has 186 valence electrons. The minimum absolute atomic E-state index is 0.103. The highest BCUT2D eigenvalue weighted by Crippen LogP contribution is 2.22. The van der Waals surface area contributed by atoms with Crippen molar-refractivity contribution in [1.82, 2.24) is 14.5 Å². The van der Waals surface area contributed by atoms with E-state index in [1.165, 1.54) is 11.6 Å². The molecule has 0 unspecified atom stereocenters. The van der Waals surface area contributed by atoms with Gasteiger partial charge in [-0.25, -0.2) is 13.1 Å². The highest BCUT2D eigenvalue weighted by Gasteiger charge is 2.25. The molecule has 7 nitrogen and oxygen atoms in total. The highest BCUT2D eigenvalue weighted by molar-refractivity contribution is 7.89. The molecule has 0 aliphatic carbocycles. The van der Waals surface area contributed by atoms with Crippen molar-refractivity contribution in [1.29, 1.82) is 0 Å². The molecule has 3 rings (SSSR count). The number of anilines is 1. The van der Waals surface area contributed by atoms with Crippen molar-refractivity contribution in [3.05, 3.63) is 59.7 Å². The summed E-state index contributed by atoms with van der Waals surface area (Å²) in [6.07, 6.45) is 2.71. The van der Waals surface area contributed by atoms with Gasteiger partial charge in [-0.1, -0.05) is 30.3 Å². The molecule has 0 atom stereocenters. The van der Waals surface area contributed by atoms with Crippen LogP contribution in [0.2, 0.25) is 0 Å². The van der Waals surface area contributed by atoms with Crippen molar-refractivity contribution in [2.45, 2.75) is 50.5 Å². The van der Waals surface area contributed by atoms with Gasteiger partial charge in [0.05, 0.1) is 4.90 Å². The van der Waals surface area contributed by atoms with Crippen LogP contribution in [0.1, 0.15) is 49.5 Å². The Bertz CT molecular complexity index is 1070. The van der Waals surface area contributed by atoms with Gasteiger partial charge in [0.15, 0.2) is 0 Å². The number of likely N-dealkylation sites (N-methyl/N-ethyl adjacent to an activating group) is 1. The third kappa shape index (κ3) is 7.82. The molecule has 1 heterocycles. The van der Waals surface area contributed by atoms with Gasteiger partial charge >= 0.3 is 0 Å². The van der Waals surface area contributed by atoms with Gasteiger partial charge in [0.1, 0.15) is 0 Å². The van der Waals surface area contributed by atoms with Gasteiger partial charge in [-0.05, 0) is 77.4 Å². The minimum Gasteiger partial charge on any atom is -0.385 e. The number of carbonyl (C=O) groups excluding carboxylic acids is 1. The molecule has 0 bridgehead atoms. The van der Waals surface area contributed by atoms with E-state index in [1.54, 1.807) is 32.9 Å².